The van der Waals surface area contributed by atoms with Gasteiger partial charge in [0.1, 0.15) is 0 Å². The molecule has 1 aliphatic carbocycles. The average molecular weight is 196 g/mol. The summed E-state index contributed by atoms with van der Waals surface area (Å²) < 4.78 is 0. The van der Waals surface area contributed by atoms with Gasteiger partial charge in [-0.15, -0.1) is 0 Å². The van der Waals surface area contributed by atoms with Crippen LogP contribution in [0.15, 0.2) is 0 Å². The Bertz CT molecular complexity index is 235. The van der Waals surface area contributed by atoms with Gasteiger partial charge in [-0.05, 0) is 25.8 Å². The molecule has 0 unspecified atom stereocenters. The maximum Gasteiger partial charge on any atom is 0.219 e. The lowest BCUT2D eigenvalue weighted by molar-refractivity contribution is -0.132. The number of amides is 1. The SMILES string of the molecule is CCCN1CCN(C(C)=O)CC12CC2. The fraction of sp³-hybridized carbons (Fsp3) is 0.909. The van der Waals surface area contributed by atoms with E-state index in [2.05, 4.69) is 11.8 Å². The van der Waals surface area contributed by atoms with Crippen molar-refractivity contribution < 1.29 is 4.79 Å². The fourth-order valence-electron chi connectivity index (χ4n) is 2.52. The molecule has 0 aromatic rings. The van der Waals surface area contributed by atoms with Crippen molar-refractivity contribution in [2.75, 3.05) is 26.2 Å². The summed E-state index contributed by atoms with van der Waals surface area (Å²) >= 11 is 0. The Kier molecular flexibility index (Phi) is 2.52. The van der Waals surface area contributed by atoms with E-state index in [9.17, 15) is 4.79 Å². The van der Waals surface area contributed by atoms with E-state index in [1.54, 1.807) is 6.92 Å². The van der Waals surface area contributed by atoms with E-state index < -0.39 is 0 Å². The third-order valence-electron chi connectivity index (χ3n) is 3.56. The first kappa shape index (κ1) is 9.97. The number of hydrogen-bond acceptors (Lipinski definition) is 2. The normalized spacial score (nSPS) is 25.4. The highest BCUT2D eigenvalue weighted by Gasteiger charge is 2.50. The summed E-state index contributed by atoms with van der Waals surface area (Å²) in [6.07, 6.45) is 3.80. The van der Waals surface area contributed by atoms with Crippen LogP contribution in [-0.2, 0) is 4.79 Å². The average Bonchev–Trinajstić information content (AvgIpc) is 2.90. The molecule has 0 atom stereocenters. The van der Waals surface area contributed by atoms with Crippen molar-refractivity contribution in [1.82, 2.24) is 9.80 Å². The molecule has 1 saturated carbocycles. The van der Waals surface area contributed by atoms with Gasteiger partial charge in [0.05, 0.1) is 0 Å². The summed E-state index contributed by atoms with van der Waals surface area (Å²) in [4.78, 5) is 15.9. The lowest BCUT2D eigenvalue weighted by Crippen LogP contribution is -2.56. The Labute approximate surface area is 86.1 Å². The van der Waals surface area contributed by atoms with Gasteiger partial charge in [-0.1, -0.05) is 6.92 Å². The van der Waals surface area contributed by atoms with E-state index in [0.717, 1.165) is 19.6 Å². The molecule has 1 spiro atoms. The summed E-state index contributed by atoms with van der Waals surface area (Å²) in [5.41, 5.74) is 0.389. The van der Waals surface area contributed by atoms with Crippen molar-refractivity contribution in [3.8, 4) is 0 Å². The number of rotatable bonds is 2. The standard InChI is InChI=1S/C11H20N2O/c1-3-6-13-8-7-12(10(2)14)9-11(13)4-5-11/h3-9H2,1-2H3. The van der Waals surface area contributed by atoms with E-state index in [0.29, 0.717) is 5.54 Å². The van der Waals surface area contributed by atoms with Crippen molar-refractivity contribution in [3.05, 3.63) is 0 Å². The molecule has 1 aliphatic heterocycles. The van der Waals surface area contributed by atoms with Crippen LogP contribution in [0.1, 0.15) is 33.1 Å². The Hall–Kier alpha value is -0.570. The van der Waals surface area contributed by atoms with E-state index in [1.807, 2.05) is 4.90 Å². The van der Waals surface area contributed by atoms with Crippen LogP contribution < -0.4 is 0 Å². The van der Waals surface area contributed by atoms with E-state index in [1.165, 1.54) is 25.8 Å². The Morgan fingerprint density at radius 1 is 1.36 bits per heavy atom. The van der Waals surface area contributed by atoms with Crippen molar-refractivity contribution >= 4 is 5.91 Å². The first-order valence-electron chi connectivity index (χ1n) is 5.68. The zero-order valence-corrected chi connectivity index (χ0v) is 9.25. The van der Waals surface area contributed by atoms with Crippen LogP contribution in [0.3, 0.4) is 0 Å². The molecule has 0 aromatic heterocycles. The summed E-state index contributed by atoms with van der Waals surface area (Å²) in [6.45, 7) is 8.09. The zero-order valence-electron chi connectivity index (χ0n) is 9.25. The molecule has 0 N–H and O–H groups in total. The molecule has 1 heterocycles. The van der Waals surface area contributed by atoms with Gasteiger partial charge >= 0.3 is 0 Å². The molecular formula is C11H20N2O. The molecule has 3 heteroatoms. The van der Waals surface area contributed by atoms with E-state index in [4.69, 9.17) is 0 Å². The molecule has 80 valence electrons. The monoisotopic (exact) mass is 196 g/mol. The number of nitrogens with zero attached hydrogens (tertiary/aromatic N) is 2. The largest absolute Gasteiger partial charge is 0.340 e. The smallest absolute Gasteiger partial charge is 0.219 e. The second-order valence-electron chi connectivity index (χ2n) is 4.65. The van der Waals surface area contributed by atoms with Crippen LogP contribution in [0.5, 0.6) is 0 Å². The van der Waals surface area contributed by atoms with E-state index >= 15 is 0 Å². The van der Waals surface area contributed by atoms with Crippen LogP contribution in [0.4, 0.5) is 0 Å². The van der Waals surface area contributed by atoms with Crippen molar-refractivity contribution in [3.63, 3.8) is 0 Å². The van der Waals surface area contributed by atoms with Gasteiger partial charge in [-0.25, -0.2) is 0 Å². The molecule has 1 saturated heterocycles. The van der Waals surface area contributed by atoms with Crippen LogP contribution >= 0.6 is 0 Å². The second kappa shape index (κ2) is 3.54. The Balaban J connectivity index is 1.98. The van der Waals surface area contributed by atoms with Crippen molar-refractivity contribution in [1.29, 1.82) is 0 Å². The minimum absolute atomic E-state index is 0.243. The number of carbonyl (C=O) groups excluding carboxylic acids is 1. The molecule has 1 amide bonds. The summed E-state index contributed by atoms with van der Waals surface area (Å²) in [5.74, 6) is 0.243. The lowest BCUT2D eigenvalue weighted by Gasteiger charge is -2.41. The first-order chi connectivity index (χ1) is 6.68. The lowest BCUT2D eigenvalue weighted by atomic mass is 10.1. The topological polar surface area (TPSA) is 23.6 Å². The third-order valence-corrected chi connectivity index (χ3v) is 3.56. The van der Waals surface area contributed by atoms with Gasteiger partial charge in [0, 0.05) is 32.1 Å². The van der Waals surface area contributed by atoms with E-state index in [-0.39, 0.29) is 5.91 Å². The summed E-state index contributed by atoms with van der Waals surface area (Å²) in [5, 5.41) is 0. The van der Waals surface area contributed by atoms with Crippen molar-refractivity contribution in [2.45, 2.75) is 38.6 Å². The highest BCUT2D eigenvalue weighted by Crippen LogP contribution is 2.44. The molecule has 3 nitrogen and oxygen atoms in total. The second-order valence-corrected chi connectivity index (χ2v) is 4.65. The molecule has 0 aromatic carbocycles. The molecule has 2 aliphatic rings. The number of hydrogen-bond donors (Lipinski definition) is 0. The Morgan fingerprint density at radius 3 is 2.57 bits per heavy atom. The fourth-order valence-corrected chi connectivity index (χ4v) is 2.52. The number of carbonyl (C=O) groups is 1. The van der Waals surface area contributed by atoms with Crippen LogP contribution in [0, 0.1) is 0 Å². The predicted molar refractivity (Wildman–Crippen MR) is 56.1 cm³/mol. The van der Waals surface area contributed by atoms with Crippen LogP contribution in [-0.4, -0.2) is 47.4 Å². The van der Waals surface area contributed by atoms with Crippen LogP contribution in [0.2, 0.25) is 0 Å². The third kappa shape index (κ3) is 1.65. The minimum atomic E-state index is 0.243. The van der Waals surface area contributed by atoms with Crippen LogP contribution in [0.25, 0.3) is 0 Å². The minimum Gasteiger partial charge on any atom is -0.340 e. The van der Waals surface area contributed by atoms with Gasteiger partial charge in [-0.2, -0.15) is 0 Å². The summed E-state index contributed by atoms with van der Waals surface area (Å²) in [6, 6.07) is 0. The maximum absolute atomic E-state index is 11.3. The molecule has 0 radical (unpaired) electrons. The number of piperazine rings is 1. The molecule has 0 bridgehead atoms. The van der Waals surface area contributed by atoms with Gasteiger partial charge in [0.25, 0.3) is 0 Å². The van der Waals surface area contributed by atoms with Gasteiger partial charge in [0.2, 0.25) is 5.91 Å². The Morgan fingerprint density at radius 2 is 2.07 bits per heavy atom. The van der Waals surface area contributed by atoms with Gasteiger partial charge in [-0.3, -0.25) is 9.69 Å². The van der Waals surface area contributed by atoms with Gasteiger partial charge in [0.15, 0.2) is 0 Å². The highest BCUT2D eigenvalue weighted by molar-refractivity contribution is 5.73. The maximum atomic E-state index is 11.3. The molecule has 2 fully saturated rings. The molecule has 2 rings (SSSR count). The predicted octanol–water partition coefficient (Wildman–Crippen LogP) is 1.09. The molecular weight excluding hydrogens is 176 g/mol. The first-order valence-corrected chi connectivity index (χ1v) is 5.68. The molecule has 14 heavy (non-hydrogen) atoms. The van der Waals surface area contributed by atoms with Gasteiger partial charge < -0.3 is 4.90 Å². The summed E-state index contributed by atoms with van der Waals surface area (Å²) in [7, 11) is 0. The quantitative estimate of drug-likeness (QED) is 0.660. The zero-order chi connectivity index (χ0) is 10.2. The highest BCUT2D eigenvalue weighted by atomic mass is 16.2. The van der Waals surface area contributed by atoms with Crippen molar-refractivity contribution in [2.24, 2.45) is 0 Å².